The number of hydrogen-bond acceptors (Lipinski definition) is 4. The van der Waals surface area contributed by atoms with Gasteiger partial charge in [0.25, 0.3) is 0 Å². The van der Waals surface area contributed by atoms with Crippen LogP contribution in [0, 0.1) is 13.8 Å². The lowest BCUT2D eigenvalue weighted by molar-refractivity contribution is 0.783. The van der Waals surface area contributed by atoms with Gasteiger partial charge in [-0.25, -0.2) is 9.97 Å². The molecule has 0 radical (unpaired) electrons. The third-order valence-corrected chi connectivity index (χ3v) is 7.49. The number of aryl methyl sites for hydroxylation is 2. The molecule has 0 saturated heterocycles. The summed E-state index contributed by atoms with van der Waals surface area (Å²) in [6.45, 7) is 4.26. The van der Waals surface area contributed by atoms with E-state index in [1.165, 1.54) is 24.0 Å². The van der Waals surface area contributed by atoms with Crippen LogP contribution in [-0.4, -0.2) is 31.4 Å². The van der Waals surface area contributed by atoms with E-state index in [1.54, 1.807) is 29.6 Å². The number of aromatic nitrogens is 4. The van der Waals surface area contributed by atoms with E-state index in [-0.39, 0.29) is 0 Å². The Hall–Kier alpha value is -1.34. The number of H-pyrrole nitrogens is 2. The molecule has 0 fully saturated rings. The maximum absolute atomic E-state index is 6.06. The summed E-state index contributed by atoms with van der Waals surface area (Å²) in [5.74, 6) is 2.11. The highest BCUT2D eigenvalue weighted by Gasteiger charge is 2.08. The summed E-state index contributed by atoms with van der Waals surface area (Å²) in [5.41, 5.74) is 6.55. The molecule has 0 spiro atoms. The first-order valence-corrected chi connectivity index (χ1v) is 12.3. The molecule has 2 heterocycles. The predicted octanol–water partition coefficient (Wildman–Crippen LogP) is 7.42. The van der Waals surface area contributed by atoms with Crippen LogP contribution in [0.15, 0.2) is 34.6 Å². The van der Waals surface area contributed by atoms with E-state index in [1.807, 2.05) is 6.07 Å². The van der Waals surface area contributed by atoms with Gasteiger partial charge in [0.2, 0.25) is 0 Å². The van der Waals surface area contributed by atoms with Gasteiger partial charge in [-0.05, 0) is 62.1 Å². The second kappa shape index (κ2) is 9.21. The summed E-state index contributed by atoms with van der Waals surface area (Å²) in [6.07, 6.45) is 3.52. The Bertz CT molecular complexity index is 985. The van der Waals surface area contributed by atoms with Crippen LogP contribution >= 0.6 is 46.7 Å². The highest BCUT2D eigenvalue weighted by atomic mass is 35.5. The predicted molar refractivity (Wildman–Crippen MR) is 127 cm³/mol. The zero-order chi connectivity index (χ0) is 20.4. The van der Waals surface area contributed by atoms with Crippen molar-refractivity contribution in [3.8, 4) is 0 Å². The van der Waals surface area contributed by atoms with Gasteiger partial charge in [-0.3, -0.25) is 0 Å². The molecule has 29 heavy (non-hydrogen) atoms. The largest absolute Gasteiger partial charge is 0.333 e. The number of imidazole rings is 2. The fourth-order valence-electron chi connectivity index (χ4n) is 3.08. The molecule has 2 N–H and O–H groups in total. The molecule has 0 aliphatic carbocycles. The van der Waals surface area contributed by atoms with E-state index in [4.69, 9.17) is 28.2 Å². The highest BCUT2D eigenvalue weighted by molar-refractivity contribution is 7.99. The van der Waals surface area contributed by atoms with Crippen molar-refractivity contribution >= 4 is 68.8 Å². The Morgan fingerprint density at radius 1 is 0.724 bits per heavy atom. The number of nitrogens with one attached hydrogen (secondary N) is 2. The first-order valence-electron chi connectivity index (χ1n) is 9.57. The molecular weight excluding hydrogens is 443 g/mol. The van der Waals surface area contributed by atoms with Crippen molar-refractivity contribution < 1.29 is 0 Å². The fraction of sp³-hybridized carbons (Fsp3) is 0.333. The second-order valence-corrected chi connectivity index (χ2v) is 10.1. The van der Waals surface area contributed by atoms with E-state index in [2.05, 4.69) is 40.9 Å². The Labute approximate surface area is 188 Å². The van der Waals surface area contributed by atoms with Crippen molar-refractivity contribution in [2.75, 3.05) is 11.5 Å². The average molecular weight is 465 g/mol. The lowest BCUT2D eigenvalue weighted by Gasteiger charge is -1.99. The van der Waals surface area contributed by atoms with Crippen LogP contribution in [0.2, 0.25) is 10.0 Å². The van der Waals surface area contributed by atoms with Crippen molar-refractivity contribution in [3.05, 3.63) is 45.4 Å². The molecule has 152 valence electrons. The highest BCUT2D eigenvalue weighted by Crippen LogP contribution is 2.29. The number of fused-ring (bicyclic) bond motifs is 2. The number of benzene rings is 2. The first-order chi connectivity index (χ1) is 14.0. The van der Waals surface area contributed by atoms with Gasteiger partial charge in [-0.2, -0.15) is 0 Å². The fourth-order valence-corrected chi connectivity index (χ4v) is 5.18. The summed E-state index contributed by atoms with van der Waals surface area (Å²) >= 11 is 15.7. The van der Waals surface area contributed by atoms with Gasteiger partial charge >= 0.3 is 0 Å². The molecule has 0 saturated carbocycles. The summed E-state index contributed by atoms with van der Waals surface area (Å²) in [7, 11) is 0. The Morgan fingerprint density at radius 3 is 1.90 bits per heavy atom. The molecule has 0 aliphatic heterocycles. The Kier molecular flexibility index (Phi) is 6.64. The molecular formula is C21H22Cl2N4S2. The minimum absolute atomic E-state index is 0.537. The van der Waals surface area contributed by atoms with E-state index in [0.717, 1.165) is 50.3 Å². The van der Waals surface area contributed by atoms with E-state index in [0.29, 0.717) is 10.0 Å². The smallest absolute Gasteiger partial charge is 0.166 e. The average Bonchev–Trinajstić information content (AvgIpc) is 3.24. The van der Waals surface area contributed by atoms with Crippen LogP contribution in [0.3, 0.4) is 0 Å². The maximum atomic E-state index is 6.06. The van der Waals surface area contributed by atoms with Crippen molar-refractivity contribution in [1.82, 2.24) is 19.9 Å². The van der Waals surface area contributed by atoms with Gasteiger partial charge in [0.05, 0.1) is 32.1 Å². The number of nitrogens with zero attached hydrogens (tertiary/aromatic N) is 2. The summed E-state index contributed by atoms with van der Waals surface area (Å²) in [6, 6.07) is 7.97. The van der Waals surface area contributed by atoms with Gasteiger partial charge in [0.1, 0.15) is 0 Å². The van der Waals surface area contributed by atoms with Crippen LogP contribution in [-0.2, 0) is 0 Å². The van der Waals surface area contributed by atoms with E-state index < -0.39 is 0 Å². The topological polar surface area (TPSA) is 57.4 Å². The number of halogens is 2. The minimum Gasteiger partial charge on any atom is -0.333 e. The zero-order valence-electron chi connectivity index (χ0n) is 16.3. The van der Waals surface area contributed by atoms with Gasteiger partial charge in [-0.1, -0.05) is 53.1 Å². The number of rotatable bonds is 8. The molecule has 4 nitrogen and oxygen atoms in total. The van der Waals surface area contributed by atoms with Crippen LogP contribution in [0.25, 0.3) is 22.1 Å². The van der Waals surface area contributed by atoms with E-state index >= 15 is 0 Å². The molecule has 0 unspecified atom stereocenters. The molecule has 4 rings (SSSR count). The SMILES string of the molecule is Cc1cc2nc(SCCCCCSc3nc4cc(Cl)c(Cl)cc4[nH]3)[nH]c2cc1C. The molecule has 0 atom stereocenters. The summed E-state index contributed by atoms with van der Waals surface area (Å²) in [4.78, 5) is 16.0. The maximum Gasteiger partial charge on any atom is 0.166 e. The molecule has 2 aromatic carbocycles. The van der Waals surface area contributed by atoms with Crippen molar-refractivity contribution in [3.63, 3.8) is 0 Å². The molecule has 0 amide bonds. The van der Waals surface area contributed by atoms with Crippen LogP contribution in [0.4, 0.5) is 0 Å². The molecule has 0 bridgehead atoms. The molecule has 4 aromatic rings. The van der Waals surface area contributed by atoms with Gasteiger partial charge < -0.3 is 9.97 Å². The Morgan fingerprint density at radius 2 is 1.24 bits per heavy atom. The zero-order valence-corrected chi connectivity index (χ0v) is 19.5. The first kappa shape index (κ1) is 20.9. The van der Waals surface area contributed by atoms with Crippen molar-refractivity contribution in [1.29, 1.82) is 0 Å². The lowest BCUT2D eigenvalue weighted by atomic mass is 10.1. The van der Waals surface area contributed by atoms with Crippen molar-refractivity contribution in [2.45, 2.75) is 43.4 Å². The van der Waals surface area contributed by atoms with E-state index in [9.17, 15) is 0 Å². The summed E-state index contributed by atoms with van der Waals surface area (Å²) < 4.78 is 0. The lowest BCUT2D eigenvalue weighted by Crippen LogP contribution is -1.86. The minimum atomic E-state index is 0.537. The standard InChI is InChI=1S/C21H22Cl2N4S2/c1-12-8-16-17(9-13(12)2)25-20(24-16)28-6-4-3-5-7-29-21-26-18-10-14(22)15(23)11-19(18)27-21/h8-11H,3-7H2,1-2H3,(H,24,25)(H,26,27). The second-order valence-electron chi connectivity index (χ2n) is 7.08. The molecule has 8 heteroatoms. The van der Waals surface area contributed by atoms with Gasteiger partial charge in [0.15, 0.2) is 10.3 Å². The third kappa shape index (κ3) is 5.05. The number of aromatic amines is 2. The molecule has 2 aromatic heterocycles. The number of hydrogen-bond donors (Lipinski definition) is 2. The number of thioether (sulfide) groups is 2. The third-order valence-electron chi connectivity index (χ3n) is 4.84. The quantitative estimate of drug-likeness (QED) is 0.210. The normalized spacial score (nSPS) is 11.7. The molecule has 0 aliphatic rings. The number of unbranched alkanes of at least 4 members (excludes halogenated alkanes) is 2. The van der Waals surface area contributed by atoms with Crippen molar-refractivity contribution in [2.24, 2.45) is 0 Å². The van der Waals surface area contributed by atoms with Crippen LogP contribution in [0.1, 0.15) is 30.4 Å². The summed E-state index contributed by atoms with van der Waals surface area (Å²) in [5, 5.41) is 3.01. The van der Waals surface area contributed by atoms with Gasteiger partial charge in [0, 0.05) is 11.5 Å². The Balaban J connectivity index is 1.19. The van der Waals surface area contributed by atoms with Crippen LogP contribution < -0.4 is 0 Å². The van der Waals surface area contributed by atoms with Crippen LogP contribution in [0.5, 0.6) is 0 Å². The van der Waals surface area contributed by atoms with Gasteiger partial charge in [-0.15, -0.1) is 0 Å². The monoisotopic (exact) mass is 464 g/mol.